The molecule has 11 N–H and O–H groups in total. The Bertz CT molecular complexity index is 1450. The fraction of sp³-hybridized carbons (Fsp3) is 0.471. The number of carboxylic acids is 1. The largest absolute Gasteiger partial charge is 0.508 e. The average molecular weight is 701 g/mol. The molecule has 5 amide bonds. The molecule has 16 heteroatoms. The number of hydrogen-bond donors (Lipinski definition) is 10. The van der Waals surface area contributed by atoms with Gasteiger partial charge in [-0.2, -0.15) is 0 Å². The van der Waals surface area contributed by atoms with Crippen LogP contribution >= 0.6 is 0 Å². The summed E-state index contributed by atoms with van der Waals surface area (Å²) < 4.78 is 0. The minimum Gasteiger partial charge on any atom is -0.508 e. The predicted octanol–water partition coefficient (Wildman–Crippen LogP) is -1.55. The Balaban J connectivity index is 2.12. The summed E-state index contributed by atoms with van der Waals surface area (Å²) in [5.74, 6) is -5.61. The Morgan fingerprint density at radius 1 is 0.660 bits per heavy atom. The third-order valence-electron chi connectivity index (χ3n) is 7.54. The molecule has 0 saturated carbocycles. The molecule has 0 aliphatic heterocycles. The van der Waals surface area contributed by atoms with Gasteiger partial charge in [0.15, 0.2) is 6.04 Å². The molecule has 0 aliphatic rings. The van der Waals surface area contributed by atoms with Gasteiger partial charge in [-0.3, -0.25) is 24.0 Å². The Morgan fingerprint density at radius 2 is 1.20 bits per heavy atom. The first-order chi connectivity index (χ1) is 23.5. The van der Waals surface area contributed by atoms with E-state index in [1.807, 2.05) is 0 Å². The number of nitrogens with one attached hydrogen (secondary N) is 5. The molecule has 2 aromatic rings. The maximum Gasteiger partial charge on any atom is 0.328 e. The summed E-state index contributed by atoms with van der Waals surface area (Å²) in [6.45, 7) is 5.38. The molecule has 0 aliphatic carbocycles. The normalized spacial score (nSPS) is 15.3. The number of benzene rings is 2. The molecule has 0 saturated heterocycles. The molecule has 0 fully saturated rings. The maximum atomic E-state index is 13.5. The molecular formula is C34H48N6O10. The van der Waals surface area contributed by atoms with Crippen LogP contribution in [0.15, 0.2) is 54.6 Å². The van der Waals surface area contributed by atoms with Crippen molar-refractivity contribution in [3.05, 3.63) is 65.7 Å². The number of aliphatic carboxylic acids is 1. The second-order valence-electron chi connectivity index (χ2n) is 12.5. The number of hydrogen-bond acceptors (Lipinski definition) is 10. The van der Waals surface area contributed by atoms with Crippen molar-refractivity contribution in [3.63, 3.8) is 0 Å². The maximum absolute atomic E-state index is 13.5. The van der Waals surface area contributed by atoms with Gasteiger partial charge in [-0.1, -0.05) is 56.3 Å². The number of phenolic OH excluding ortho intramolecular Hbond substituents is 1. The summed E-state index contributed by atoms with van der Waals surface area (Å²) in [5, 5.41) is 50.9. The van der Waals surface area contributed by atoms with E-state index in [1.54, 1.807) is 56.3 Å². The average Bonchev–Trinajstić information content (AvgIpc) is 3.04. The summed E-state index contributed by atoms with van der Waals surface area (Å²) in [4.78, 5) is 76.8. The van der Waals surface area contributed by atoms with Crippen LogP contribution in [0.3, 0.4) is 0 Å². The highest BCUT2D eigenvalue weighted by molar-refractivity contribution is 5.95. The number of aliphatic hydroxyl groups excluding tert-OH is 2. The number of nitrogens with two attached hydrogens (primary N) is 1. The first-order valence-electron chi connectivity index (χ1n) is 16.1. The molecule has 0 spiro atoms. The second kappa shape index (κ2) is 19.8. The van der Waals surface area contributed by atoms with Gasteiger partial charge in [0.2, 0.25) is 29.5 Å². The number of carbonyl (C=O) groups is 6. The van der Waals surface area contributed by atoms with Gasteiger partial charge in [0.05, 0.1) is 24.8 Å². The van der Waals surface area contributed by atoms with E-state index in [0.29, 0.717) is 11.1 Å². The molecule has 50 heavy (non-hydrogen) atoms. The van der Waals surface area contributed by atoms with Crippen molar-refractivity contribution in [1.82, 2.24) is 26.6 Å². The van der Waals surface area contributed by atoms with Crippen LogP contribution in [0.5, 0.6) is 5.75 Å². The van der Waals surface area contributed by atoms with Gasteiger partial charge in [-0.05, 0) is 55.9 Å². The Labute approximate surface area is 290 Å². The summed E-state index contributed by atoms with van der Waals surface area (Å²) in [6.07, 6.45) is -2.63. The fourth-order valence-electron chi connectivity index (χ4n) is 4.84. The lowest BCUT2D eigenvalue weighted by Gasteiger charge is -2.26. The minimum atomic E-state index is -1.62. The number of carboxylic acid groups (broad SMARTS) is 1. The van der Waals surface area contributed by atoms with Gasteiger partial charge < -0.3 is 52.7 Å². The van der Waals surface area contributed by atoms with Crippen LogP contribution in [-0.2, 0) is 41.6 Å². The molecule has 7 atom stereocenters. The fourth-order valence-corrected chi connectivity index (χ4v) is 4.84. The minimum absolute atomic E-state index is 0.0148. The van der Waals surface area contributed by atoms with Gasteiger partial charge in [0, 0.05) is 6.42 Å². The van der Waals surface area contributed by atoms with Crippen molar-refractivity contribution in [2.75, 3.05) is 6.54 Å². The van der Waals surface area contributed by atoms with Crippen molar-refractivity contribution >= 4 is 35.5 Å². The van der Waals surface area contributed by atoms with Crippen molar-refractivity contribution in [3.8, 4) is 5.75 Å². The van der Waals surface area contributed by atoms with E-state index < -0.39 is 84.5 Å². The highest BCUT2D eigenvalue weighted by atomic mass is 16.4. The lowest BCUT2D eigenvalue weighted by atomic mass is 10.0. The molecule has 0 radical (unpaired) electrons. The standard InChI is InChI=1S/C34H48N6O10/c1-18(2)14-25(32(47)40-29(20(4)42)34(49)50)38-31(46)26(16-21-8-6-5-7-9-21)37-27(44)17-36-33(48)28(19(3)41)39-30(45)24(35)15-22-10-12-23(43)13-11-22/h5-13,18-20,24-26,28-29,41-43H,14-17,35H2,1-4H3,(H,36,48)(H,37,44)(H,38,46)(H,39,45)(H,40,47)(H,49,50)/t19-,20+,24+,25-,26-,28+,29+/m0/s1. The van der Waals surface area contributed by atoms with Crippen LogP contribution in [0.2, 0.25) is 0 Å². The van der Waals surface area contributed by atoms with Crippen LogP contribution in [0.4, 0.5) is 0 Å². The zero-order valence-electron chi connectivity index (χ0n) is 28.5. The molecule has 2 rings (SSSR count). The van der Waals surface area contributed by atoms with E-state index >= 15 is 0 Å². The zero-order valence-corrected chi connectivity index (χ0v) is 28.5. The smallest absolute Gasteiger partial charge is 0.328 e. The van der Waals surface area contributed by atoms with Crippen molar-refractivity contribution in [1.29, 1.82) is 0 Å². The van der Waals surface area contributed by atoms with E-state index in [2.05, 4.69) is 26.6 Å². The molecule has 0 unspecified atom stereocenters. The number of aromatic hydroxyl groups is 1. The van der Waals surface area contributed by atoms with Crippen LogP contribution in [0, 0.1) is 5.92 Å². The van der Waals surface area contributed by atoms with Crippen LogP contribution in [0.1, 0.15) is 45.2 Å². The topological polar surface area (TPSA) is 270 Å². The van der Waals surface area contributed by atoms with E-state index in [9.17, 15) is 49.2 Å². The van der Waals surface area contributed by atoms with Crippen molar-refractivity contribution < 1.29 is 49.2 Å². The lowest BCUT2D eigenvalue weighted by molar-refractivity contribution is -0.145. The highest BCUT2D eigenvalue weighted by Crippen LogP contribution is 2.12. The van der Waals surface area contributed by atoms with E-state index in [-0.39, 0.29) is 30.9 Å². The SMILES string of the molecule is CC(C)C[C@H](NC(=O)[C@H](Cc1ccccc1)NC(=O)CNC(=O)[C@H](NC(=O)[C@H](N)Cc1ccc(O)cc1)[C@H](C)O)C(=O)N[C@@H](C(=O)O)[C@@H](C)O. The number of amides is 5. The molecule has 16 nitrogen and oxygen atoms in total. The van der Waals surface area contributed by atoms with E-state index in [0.717, 1.165) is 0 Å². The number of carbonyl (C=O) groups excluding carboxylic acids is 5. The number of rotatable bonds is 19. The molecule has 0 aromatic heterocycles. The van der Waals surface area contributed by atoms with Crippen LogP contribution in [-0.4, -0.2) is 105 Å². The van der Waals surface area contributed by atoms with Crippen LogP contribution in [0.25, 0.3) is 0 Å². The third kappa shape index (κ3) is 13.8. The number of phenols is 1. The monoisotopic (exact) mass is 700 g/mol. The third-order valence-corrected chi connectivity index (χ3v) is 7.54. The van der Waals surface area contributed by atoms with Gasteiger partial charge in [0.25, 0.3) is 0 Å². The summed E-state index contributed by atoms with van der Waals surface area (Å²) >= 11 is 0. The van der Waals surface area contributed by atoms with Gasteiger partial charge in [-0.25, -0.2) is 4.79 Å². The Morgan fingerprint density at radius 3 is 1.74 bits per heavy atom. The van der Waals surface area contributed by atoms with Gasteiger partial charge in [-0.15, -0.1) is 0 Å². The van der Waals surface area contributed by atoms with Gasteiger partial charge >= 0.3 is 5.97 Å². The quantitative estimate of drug-likeness (QED) is 0.0802. The summed E-state index contributed by atoms with van der Waals surface area (Å²) in [6, 6.07) is 8.01. The summed E-state index contributed by atoms with van der Waals surface area (Å²) in [5.41, 5.74) is 7.28. The van der Waals surface area contributed by atoms with E-state index in [4.69, 9.17) is 5.73 Å². The molecular weight excluding hydrogens is 652 g/mol. The van der Waals surface area contributed by atoms with E-state index in [1.165, 1.54) is 26.0 Å². The predicted molar refractivity (Wildman–Crippen MR) is 181 cm³/mol. The number of aliphatic hydroxyl groups is 2. The Kier molecular flexibility index (Phi) is 16.3. The highest BCUT2D eigenvalue weighted by Gasteiger charge is 2.33. The molecule has 0 bridgehead atoms. The van der Waals surface area contributed by atoms with Gasteiger partial charge in [0.1, 0.15) is 23.9 Å². The van der Waals surface area contributed by atoms with Crippen molar-refractivity contribution in [2.45, 2.75) is 89.4 Å². The molecule has 274 valence electrons. The Hall–Kier alpha value is -5.06. The first-order valence-corrected chi connectivity index (χ1v) is 16.1. The van der Waals surface area contributed by atoms with Crippen molar-refractivity contribution in [2.24, 2.45) is 11.7 Å². The summed E-state index contributed by atoms with van der Waals surface area (Å²) in [7, 11) is 0. The molecule has 0 heterocycles. The molecule has 2 aromatic carbocycles. The van der Waals surface area contributed by atoms with Crippen LogP contribution < -0.4 is 32.3 Å². The zero-order chi connectivity index (χ0) is 37.5. The first kappa shape index (κ1) is 41.1. The lowest BCUT2D eigenvalue weighted by Crippen LogP contribution is -2.59. The second-order valence-corrected chi connectivity index (χ2v) is 12.5.